The highest BCUT2D eigenvalue weighted by molar-refractivity contribution is 5.80. The normalized spacial score (nSPS) is 21.9. The molecular formula is C19H26N2O3. The van der Waals surface area contributed by atoms with Crippen molar-refractivity contribution in [2.45, 2.75) is 38.6 Å². The molecule has 0 bridgehead atoms. The zero-order valence-electron chi connectivity index (χ0n) is 14.2. The second-order valence-electron chi connectivity index (χ2n) is 6.72. The summed E-state index contributed by atoms with van der Waals surface area (Å²) in [6.07, 6.45) is 3.69. The van der Waals surface area contributed by atoms with Crippen molar-refractivity contribution in [3.8, 4) is 0 Å². The number of hydrogen-bond donors (Lipinski definition) is 1. The van der Waals surface area contributed by atoms with Crippen molar-refractivity contribution in [2.75, 3.05) is 19.7 Å². The van der Waals surface area contributed by atoms with Crippen LogP contribution in [0.25, 0.3) is 0 Å². The number of nitrogens with zero attached hydrogens (tertiary/aromatic N) is 1. The highest BCUT2D eigenvalue weighted by atomic mass is 16.6. The number of hydrogen-bond acceptors (Lipinski definition) is 3. The summed E-state index contributed by atoms with van der Waals surface area (Å²) in [7, 11) is 0. The van der Waals surface area contributed by atoms with Crippen LogP contribution in [0.3, 0.4) is 0 Å². The molecule has 130 valence electrons. The van der Waals surface area contributed by atoms with Gasteiger partial charge in [-0.3, -0.25) is 4.79 Å². The van der Waals surface area contributed by atoms with E-state index in [9.17, 15) is 9.59 Å². The third kappa shape index (κ3) is 4.08. The van der Waals surface area contributed by atoms with Gasteiger partial charge in [0.2, 0.25) is 5.91 Å². The van der Waals surface area contributed by atoms with E-state index >= 15 is 0 Å². The standard InChI is InChI=1S/C19H26N2O3/c1-2-24-19(23)21-12-6-9-16(13-21)18(22)20-17(15-10-11-15)14-7-4-3-5-8-14/h3-5,7-8,15-17H,2,6,9-13H2,1H3,(H,20,22). The molecule has 1 aliphatic carbocycles. The summed E-state index contributed by atoms with van der Waals surface area (Å²) in [5.74, 6) is 0.457. The third-order valence-electron chi connectivity index (χ3n) is 4.87. The first-order chi connectivity index (χ1) is 11.7. The van der Waals surface area contributed by atoms with Gasteiger partial charge in [-0.05, 0) is 44.1 Å². The van der Waals surface area contributed by atoms with E-state index < -0.39 is 0 Å². The Kier molecular flexibility index (Phi) is 5.38. The van der Waals surface area contributed by atoms with Crippen LogP contribution in [0, 0.1) is 11.8 Å². The number of benzene rings is 1. The molecule has 1 saturated carbocycles. The highest BCUT2D eigenvalue weighted by Crippen LogP contribution is 2.41. The van der Waals surface area contributed by atoms with E-state index in [0.717, 1.165) is 12.8 Å². The van der Waals surface area contributed by atoms with Gasteiger partial charge in [0.1, 0.15) is 0 Å². The van der Waals surface area contributed by atoms with Crippen molar-refractivity contribution in [1.82, 2.24) is 10.2 Å². The fraction of sp³-hybridized carbons (Fsp3) is 0.579. The molecule has 2 unspecified atom stereocenters. The van der Waals surface area contributed by atoms with Crippen molar-refractivity contribution >= 4 is 12.0 Å². The molecule has 1 saturated heterocycles. The first-order valence-corrected chi connectivity index (χ1v) is 8.96. The Bertz CT molecular complexity index is 571. The van der Waals surface area contributed by atoms with E-state index in [4.69, 9.17) is 4.74 Å². The largest absolute Gasteiger partial charge is 0.450 e. The molecule has 2 fully saturated rings. The van der Waals surface area contributed by atoms with Crippen molar-refractivity contribution in [3.63, 3.8) is 0 Å². The Morgan fingerprint density at radius 2 is 2.00 bits per heavy atom. The van der Waals surface area contributed by atoms with Crippen LogP contribution in [-0.4, -0.2) is 36.6 Å². The lowest BCUT2D eigenvalue weighted by atomic mass is 9.95. The number of rotatable bonds is 5. The average molecular weight is 330 g/mol. The minimum absolute atomic E-state index is 0.0600. The molecular weight excluding hydrogens is 304 g/mol. The van der Waals surface area contributed by atoms with E-state index in [1.165, 1.54) is 18.4 Å². The summed E-state index contributed by atoms with van der Waals surface area (Å²) in [6, 6.07) is 10.3. The molecule has 2 aliphatic rings. The lowest BCUT2D eigenvalue weighted by Crippen LogP contribution is -2.46. The zero-order valence-corrected chi connectivity index (χ0v) is 14.2. The molecule has 0 aromatic heterocycles. The number of carbonyl (C=O) groups is 2. The summed E-state index contributed by atoms with van der Waals surface area (Å²) in [5.41, 5.74) is 1.17. The van der Waals surface area contributed by atoms with Crippen molar-refractivity contribution in [1.29, 1.82) is 0 Å². The number of nitrogens with one attached hydrogen (secondary N) is 1. The average Bonchev–Trinajstić information content (AvgIpc) is 3.45. The Hall–Kier alpha value is -2.04. The van der Waals surface area contributed by atoms with Gasteiger partial charge in [0, 0.05) is 13.1 Å². The van der Waals surface area contributed by atoms with Crippen LogP contribution in [0.5, 0.6) is 0 Å². The first-order valence-electron chi connectivity index (χ1n) is 8.96. The smallest absolute Gasteiger partial charge is 0.409 e. The molecule has 2 amide bonds. The van der Waals surface area contributed by atoms with Crippen molar-refractivity contribution in [3.05, 3.63) is 35.9 Å². The van der Waals surface area contributed by atoms with Crippen LogP contribution >= 0.6 is 0 Å². The van der Waals surface area contributed by atoms with Gasteiger partial charge in [-0.15, -0.1) is 0 Å². The molecule has 1 heterocycles. The second kappa shape index (κ2) is 7.69. The lowest BCUT2D eigenvalue weighted by molar-refractivity contribution is -0.127. The summed E-state index contributed by atoms with van der Waals surface area (Å²) in [4.78, 5) is 26.3. The van der Waals surface area contributed by atoms with Gasteiger partial charge >= 0.3 is 6.09 Å². The van der Waals surface area contributed by atoms with Gasteiger partial charge in [0.05, 0.1) is 18.6 Å². The molecule has 0 spiro atoms. The number of carbonyl (C=O) groups excluding carboxylic acids is 2. The quantitative estimate of drug-likeness (QED) is 0.902. The maximum atomic E-state index is 12.8. The Morgan fingerprint density at radius 3 is 2.67 bits per heavy atom. The molecule has 1 aromatic carbocycles. The molecule has 1 N–H and O–H groups in total. The molecule has 5 heteroatoms. The molecule has 1 aliphatic heterocycles. The van der Waals surface area contributed by atoms with Gasteiger partial charge in [-0.25, -0.2) is 4.79 Å². The maximum absolute atomic E-state index is 12.8. The second-order valence-corrected chi connectivity index (χ2v) is 6.72. The van der Waals surface area contributed by atoms with Crippen LogP contribution in [0.1, 0.15) is 44.2 Å². The van der Waals surface area contributed by atoms with Crippen LogP contribution in [0.15, 0.2) is 30.3 Å². The van der Waals surface area contributed by atoms with Crippen molar-refractivity contribution in [2.24, 2.45) is 11.8 Å². The fourth-order valence-corrected chi connectivity index (χ4v) is 3.41. The molecule has 24 heavy (non-hydrogen) atoms. The molecule has 0 radical (unpaired) electrons. The van der Waals surface area contributed by atoms with E-state index in [-0.39, 0.29) is 24.0 Å². The van der Waals surface area contributed by atoms with Gasteiger partial charge in [0.25, 0.3) is 0 Å². The van der Waals surface area contributed by atoms with Gasteiger partial charge in [-0.1, -0.05) is 30.3 Å². The van der Waals surface area contributed by atoms with Gasteiger partial charge in [-0.2, -0.15) is 0 Å². The SMILES string of the molecule is CCOC(=O)N1CCCC(C(=O)NC(c2ccccc2)C2CC2)C1. The zero-order chi connectivity index (χ0) is 16.9. The Morgan fingerprint density at radius 1 is 1.25 bits per heavy atom. The highest BCUT2D eigenvalue weighted by Gasteiger charge is 2.36. The van der Waals surface area contributed by atoms with Crippen LogP contribution in [-0.2, 0) is 9.53 Å². The maximum Gasteiger partial charge on any atom is 0.409 e. The molecule has 5 nitrogen and oxygen atoms in total. The Balaban J connectivity index is 1.62. The monoisotopic (exact) mass is 330 g/mol. The minimum Gasteiger partial charge on any atom is -0.450 e. The van der Waals surface area contributed by atoms with Crippen LogP contribution in [0.2, 0.25) is 0 Å². The minimum atomic E-state index is -0.309. The third-order valence-corrected chi connectivity index (χ3v) is 4.87. The van der Waals surface area contributed by atoms with Gasteiger partial charge in [0.15, 0.2) is 0 Å². The predicted octanol–water partition coefficient (Wildman–Crippen LogP) is 3.12. The summed E-state index contributed by atoms with van der Waals surface area (Å²) >= 11 is 0. The molecule has 3 rings (SSSR count). The number of amides is 2. The summed E-state index contributed by atoms with van der Waals surface area (Å²) < 4.78 is 5.06. The lowest BCUT2D eigenvalue weighted by Gasteiger charge is -2.32. The summed E-state index contributed by atoms with van der Waals surface area (Å²) in [6.45, 7) is 3.29. The van der Waals surface area contributed by atoms with Crippen LogP contribution < -0.4 is 5.32 Å². The first kappa shape index (κ1) is 16.8. The number of likely N-dealkylation sites (tertiary alicyclic amines) is 1. The number of ether oxygens (including phenoxy) is 1. The number of piperidine rings is 1. The predicted molar refractivity (Wildman–Crippen MR) is 91.4 cm³/mol. The topological polar surface area (TPSA) is 58.6 Å². The Labute approximate surface area is 143 Å². The fourth-order valence-electron chi connectivity index (χ4n) is 3.41. The van der Waals surface area contributed by atoms with Crippen LogP contribution in [0.4, 0.5) is 4.79 Å². The van der Waals surface area contributed by atoms with E-state index in [0.29, 0.717) is 25.6 Å². The van der Waals surface area contributed by atoms with Crippen molar-refractivity contribution < 1.29 is 14.3 Å². The van der Waals surface area contributed by atoms with E-state index in [1.54, 1.807) is 11.8 Å². The molecule has 1 aromatic rings. The summed E-state index contributed by atoms with van der Waals surface area (Å²) in [5, 5.41) is 3.24. The molecule has 2 atom stereocenters. The van der Waals surface area contributed by atoms with E-state index in [1.807, 2.05) is 18.2 Å². The van der Waals surface area contributed by atoms with E-state index in [2.05, 4.69) is 17.4 Å². The van der Waals surface area contributed by atoms with Gasteiger partial charge < -0.3 is 15.0 Å².